The van der Waals surface area contributed by atoms with Crippen LogP contribution in [-0.4, -0.2) is 66.2 Å². The van der Waals surface area contributed by atoms with Crippen LogP contribution in [0.15, 0.2) is 47.5 Å². The van der Waals surface area contributed by atoms with Crippen LogP contribution in [0.2, 0.25) is 0 Å². The van der Waals surface area contributed by atoms with Gasteiger partial charge in [-0.05, 0) is 12.1 Å². The summed E-state index contributed by atoms with van der Waals surface area (Å²) >= 11 is 0. The van der Waals surface area contributed by atoms with Crippen molar-refractivity contribution < 1.29 is 23.4 Å². The number of aliphatic hydroxyl groups excluding tert-OH is 2. The highest BCUT2D eigenvalue weighted by Crippen LogP contribution is 2.30. The molecular formula is C21H27N5O5S. The van der Waals surface area contributed by atoms with Gasteiger partial charge in [-0.15, -0.1) is 5.10 Å². The zero-order valence-electron chi connectivity index (χ0n) is 17.9. The van der Waals surface area contributed by atoms with Gasteiger partial charge in [0.25, 0.3) is 0 Å². The minimum absolute atomic E-state index is 0.0249. The number of rotatable bonds is 7. The molecule has 3 N–H and O–H groups in total. The molecule has 32 heavy (non-hydrogen) atoms. The standard InChI is InChI=1S/C21H27N5O5S/c1-25(2)19-7-3-6-18-17(19)5-4-8-20(18)32(29,30)22-11-14-12-26(24-23-14)13-16-9-15(27)10-21(28)31-16/h3-8,12,15-16,21-22,27-28H,9-11,13H2,1-2H3/t15-,16-,21?/m0/s1. The van der Waals surface area contributed by atoms with E-state index in [1.807, 2.05) is 37.2 Å². The number of hydrogen-bond acceptors (Lipinski definition) is 8. The van der Waals surface area contributed by atoms with Crippen LogP contribution in [-0.2, 0) is 27.8 Å². The Morgan fingerprint density at radius 2 is 1.91 bits per heavy atom. The Bertz CT molecular complexity index is 1190. The second-order valence-electron chi connectivity index (χ2n) is 8.12. The fraction of sp³-hybridized carbons (Fsp3) is 0.429. The molecule has 1 saturated heterocycles. The topological polar surface area (TPSA) is 130 Å². The number of fused-ring (bicyclic) bond motifs is 1. The fourth-order valence-corrected chi connectivity index (χ4v) is 5.15. The Labute approximate surface area is 186 Å². The molecule has 1 aromatic heterocycles. The van der Waals surface area contributed by atoms with Gasteiger partial charge in [-0.2, -0.15) is 0 Å². The van der Waals surface area contributed by atoms with Crippen molar-refractivity contribution in [3.63, 3.8) is 0 Å². The highest BCUT2D eigenvalue weighted by atomic mass is 32.2. The molecule has 0 amide bonds. The van der Waals surface area contributed by atoms with Crippen molar-refractivity contribution in [3.05, 3.63) is 48.3 Å². The maximum Gasteiger partial charge on any atom is 0.241 e. The predicted molar refractivity (Wildman–Crippen MR) is 118 cm³/mol. The maximum atomic E-state index is 13.0. The first-order valence-electron chi connectivity index (χ1n) is 10.3. The summed E-state index contributed by atoms with van der Waals surface area (Å²) in [5.41, 5.74) is 1.38. The maximum absolute atomic E-state index is 13.0. The molecule has 1 aliphatic heterocycles. The van der Waals surface area contributed by atoms with E-state index in [-0.39, 0.29) is 17.9 Å². The summed E-state index contributed by atoms with van der Waals surface area (Å²) in [6.45, 7) is 0.271. The summed E-state index contributed by atoms with van der Waals surface area (Å²) < 4.78 is 35.6. The second-order valence-corrected chi connectivity index (χ2v) is 9.85. The van der Waals surface area contributed by atoms with Crippen molar-refractivity contribution in [3.8, 4) is 0 Å². The average Bonchev–Trinajstić information content (AvgIpc) is 3.18. The van der Waals surface area contributed by atoms with Crippen LogP contribution in [0.25, 0.3) is 10.8 Å². The molecule has 2 aromatic carbocycles. The van der Waals surface area contributed by atoms with Gasteiger partial charge in [0, 0.05) is 49.6 Å². The Morgan fingerprint density at radius 1 is 1.16 bits per heavy atom. The van der Waals surface area contributed by atoms with Gasteiger partial charge in [0.1, 0.15) is 0 Å². The number of sulfonamides is 1. The lowest BCUT2D eigenvalue weighted by Crippen LogP contribution is -2.37. The zero-order chi connectivity index (χ0) is 22.9. The molecule has 3 aromatic rings. The molecule has 11 heteroatoms. The first-order chi connectivity index (χ1) is 15.2. The number of benzene rings is 2. The zero-order valence-corrected chi connectivity index (χ0v) is 18.7. The summed E-state index contributed by atoms with van der Waals surface area (Å²) in [5, 5.41) is 28.9. The highest BCUT2D eigenvalue weighted by Gasteiger charge is 2.27. The van der Waals surface area contributed by atoms with Gasteiger partial charge in [0.05, 0.1) is 35.9 Å². The van der Waals surface area contributed by atoms with Crippen molar-refractivity contribution in [2.45, 2.75) is 49.3 Å². The van der Waals surface area contributed by atoms with Crippen LogP contribution in [0.4, 0.5) is 5.69 Å². The molecule has 0 radical (unpaired) electrons. The fourth-order valence-electron chi connectivity index (χ4n) is 3.94. The molecule has 1 unspecified atom stereocenters. The highest BCUT2D eigenvalue weighted by molar-refractivity contribution is 7.89. The third-order valence-corrected chi connectivity index (χ3v) is 6.87. The van der Waals surface area contributed by atoms with Crippen LogP contribution in [0, 0.1) is 0 Å². The van der Waals surface area contributed by atoms with Gasteiger partial charge in [-0.25, -0.2) is 17.8 Å². The van der Waals surface area contributed by atoms with E-state index in [1.54, 1.807) is 24.4 Å². The van der Waals surface area contributed by atoms with Crippen LogP contribution in [0.1, 0.15) is 18.5 Å². The molecular weight excluding hydrogens is 434 g/mol. The summed E-state index contributed by atoms with van der Waals surface area (Å²) in [6, 6.07) is 10.8. The average molecular weight is 462 g/mol. The molecule has 1 aliphatic rings. The van der Waals surface area contributed by atoms with E-state index < -0.39 is 28.5 Å². The van der Waals surface area contributed by atoms with Crippen LogP contribution in [0.5, 0.6) is 0 Å². The van der Waals surface area contributed by atoms with E-state index in [0.29, 0.717) is 24.0 Å². The number of hydrogen-bond donors (Lipinski definition) is 3. The molecule has 3 atom stereocenters. The quantitative estimate of drug-likeness (QED) is 0.472. The van der Waals surface area contributed by atoms with Gasteiger partial charge >= 0.3 is 0 Å². The number of nitrogens with zero attached hydrogens (tertiary/aromatic N) is 4. The van der Waals surface area contributed by atoms with Crippen molar-refractivity contribution in [2.24, 2.45) is 0 Å². The minimum atomic E-state index is -3.80. The van der Waals surface area contributed by atoms with E-state index >= 15 is 0 Å². The monoisotopic (exact) mass is 461 g/mol. The van der Waals surface area contributed by atoms with Gasteiger partial charge < -0.3 is 19.8 Å². The molecule has 172 valence electrons. The van der Waals surface area contributed by atoms with E-state index in [0.717, 1.165) is 11.1 Å². The lowest BCUT2D eigenvalue weighted by Gasteiger charge is -2.29. The number of aliphatic hydroxyl groups is 2. The third kappa shape index (κ3) is 4.92. The largest absolute Gasteiger partial charge is 0.393 e. The van der Waals surface area contributed by atoms with Gasteiger partial charge in [-0.3, -0.25) is 0 Å². The second kappa shape index (κ2) is 9.12. The lowest BCUT2D eigenvalue weighted by molar-refractivity contribution is -0.192. The number of nitrogens with one attached hydrogen (secondary N) is 1. The van der Waals surface area contributed by atoms with Crippen LogP contribution < -0.4 is 9.62 Å². The Balaban J connectivity index is 1.47. The van der Waals surface area contributed by atoms with Gasteiger partial charge in [0.15, 0.2) is 6.29 Å². The summed E-state index contributed by atoms with van der Waals surface area (Å²) in [4.78, 5) is 2.14. The molecule has 0 spiro atoms. The van der Waals surface area contributed by atoms with Crippen molar-refractivity contribution >= 4 is 26.5 Å². The normalized spacial score (nSPS) is 21.7. The molecule has 0 aliphatic carbocycles. The third-order valence-electron chi connectivity index (χ3n) is 5.41. The molecule has 1 fully saturated rings. The number of ether oxygens (including phenoxy) is 1. The van der Waals surface area contributed by atoms with Gasteiger partial charge in [-0.1, -0.05) is 29.5 Å². The van der Waals surface area contributed by atoms with E-state index in [4.69, 9.17) is 4.74 Å². The van der Waals surface area contributed by atoms with E-state index in [2.05, 4.69) is 15.0 Å². The van der Waals surface area contributed by atoms with E-state index in [1.165, 1.54) is 4.68 Å². The Kier molecular flexibility index (Phi) is 6.45. The van der Waals surface area contributed by atoms with Crippen LogP contribution >= 0.6 is 0 Å². The molecule has 0 bridgehead atoms. The SMILES string of the molecule is CN(C)c1cccc2c(S(=O)(=O)NCc3cn(C[C@@H]4C[C@H](O)CC(O)O4)nn3)cccc12. The van der Waals surface area contributed by atoms with E-state index in [9.17, 15) is 18.6 Å². The van der Waals surface area contributed by atoms with Crippen molar-refractivity contribution in [2.75, 3.05) is 19.0 Å². The summed E-state index contributed by atoms with van der Waals surface area (Å²) in [5.74, 6) is 0. The predicted octanol–water partition coefficient (Wildman–Crippen LogP) is 0.834. The first kappa shape index (κ1) is 22.6. The minimum Gasteiger partial charge on any atom is -0.393 e. The van der Waals surface area contributed by atoms with Crippen LogP contribution in [0.3, 0.4) is 0 Å². The molecule has 0 saturated carbocycles. The summed E-state index contributed by atoms with van der Waals surface area (Å²) in [7, 11) is 0.0316. The summed E-state index contributed by atoms with van der Waals surface area (Å²) in [6.07, 6.45) is 0.146. The van der Waals surface area contributed by atoms with Gasteiger partial charge in [0.2, 0.25) is 10.0 Å². The first-order valence-corrected chi connectivity index (χ1v) is 11.8. The molecule has 10 nitrogen and oxygen atoms in total. The Morgan fingerprint density at radius 3 is 2.66 bits per heavy atom. The molecule has 2 heterocycles. The van der Waals surface area contributed by atoms with Crippen molar-refractivity contribution in [1.82, 2.24) is 19.7 Å². The van der Waals surface area contributed by atoms with Crippen molar-refractivity contribution in [1.29, 1.82) is 0 Å². The lowest BCUT2D eigenvalue weighted by atomic mass is 10.1. The molecule has 4 rings (SSSR count). The number of anilines is 1. The smallest absolute Gasteiger partial charge is 0.241 e. The number of aromatic nitrogens is 3. The Hall–Kier alpha value is -2.57.